The second-order valence-electron chi connectivity index (χ2n) is 6.16. The minimum atomic E-state index is -0.376. The first kappa shape index (κ1) is 18.5. The molecule has 2 heterocycles. The molecule has 132 valence electrons. The molecule has 1 aliphatic rings. The van der Waals surface area contributed by atoms with Crippen LogP contribution < -0.4 is 16.6 Å². The van der Waals surface area contributed by atoms with Crippen molar-refractivity contribution in [2.24, 2.45) is 11.7 Å². The summed E-state index contributed by atoms with van der Waals surface area (Å²) in [6.45, 7) is 2.05. The number of rotatable bonds is 4. The first-order chi connectivity index (χ1) is 11.1. The number of carbonyl (C=O) groups excluding carboxylic acids is 1. The van der Waals surface area contributed by atoms with Crippen LogP contribution in [-0.4, -0.2) is 28.5 Å². The highest BCUT2D eigenvalue weighted by atomic mass is 35.5. The van der Waals surface area contributed by atoms with Gasteiger partial charge in [-0.05, 0) is 25.7 Å². The summed E-state index contributed by atoms with van der Waals surface area (Å²) in [5, 5.41) is 3.19. The molecule has 0 radical (unpaired) electrons. The number of furan rings is 1. The predicted molar refractivity (Wildman–Crippen MR) is 93.5 cm³/mol. The number of nitrogens with zero attached hydrogens (tertiary/aromatic N) is 1. The van der Waals surface area contributed by atoms with E-state index in [1.807, 2.05) is 0 Å². The van der Waals surface area contributed by atoms with Crippen molar-refractivity contribution in [3.63, 3.8) is 0 Å². The van der Waals surface area contributed by atoms with Crippen molar-refractivity contribution in [2.75, 3.05) is 6.54 Å². The lowest BCUT2D eigenvalue weighted by Crippen LogP contribution is -2.46. The second-order valence-corrected chi connectivity index (χ2v) is 6.16. The number of aromatic nitrogens is 2. The van der Waals surface area contributed by atoms with Crippen LogP contribution in [0.3, 0.4) is 0 Å². The van der Waals surface area contributed by atoms with Crippen molar-refractivity contribution in [1.82, 2.24) is 15.3 Å². The molecule has 2 aromatic heterocycles. The zero-order valence-electron chi connectivity index (χ0n) is 13.6. The summed E-state index contributed by atoms with van der Waals surface area (Å²) in [5.74, 6) is 0.467. The van der Waals surface area contributed by atoms with Gasteiger partial charge in [-0.1, -0.05) is 19.3 Å². The van der Waals surface area contributed by atoms with Crippen molar-refractivity contribution < 1.29 is 9.21 Å². The van der Waals surface area contributed by atoms with Crippen molar-refractivity contribution in [1.29, 1.82) is 0 Å². The molecule has 1 atom stereocenters. The molecule has 4 N–H and O–H groups in total. The molecule has 0 spiro atoms. The maximum Gasteiger partial charge on any atom is 0.262 e. The molecule has 0 saturated heterocycles. The smallest absolute Gasteiger partial charge is 0.262 e. The van der Waals surface area contributed by atoms with Crippen LogP contribution in [0.4, 0.5) is 0 Å². The van der Waals surface area contributed by atoms with Crippen LogP contribution in [-0.2, 0) is 0 Å². The highest BCUT2D eigenvalue weighted by Gasteiger charge is 2.27. The standard InChI is InChI=1S/C16H22N4O3.ClH/c1-9-12(13-14(21)18-8-19-16(13)23-9)15(22)20-11(7-17)10-5-3-2-4-6-10;/h8,10-11H,2-7,17H2,1H3,(H,20,22)(H,18,19,21);1H. The minimum Gasteiger partial charge on any atom is -0.442 e. The number of aromatic amines is 1. The first-order valence-electron chi connectivity index (χ1n) is 8.09. The summed E-state index contributed by atoms with van der Waals surface area (Å²) >= 11 is 0. The Kier molecular flexibility index (Phi) is 6.01. The van der Waals surface area contributed by atoms with E-state index < -0.39 is 0 Å². The lowest BCUT2D eigenvalue weighted by Gasteiger charge is -2.30. The van der Waals surface area contributed by atoms with Crippen molar-refractivity contribution >= 4 is 29.4 Å². The number of hydrogen-bond acceptors (Lipinski definition) is 5. The highest BCUT2D eigenvalue weighted by Crippen LogP contribution is 2.27. The SMILES string of the molecule is Cc1oc2nc[nH]c(=O)c2c1C(=O)NC(CN)C1CCCCC1.Cl. The van der Waals surface area contributed by atoms with Gasteiger partial charge in [0.05, 0.1) is 11.9 Å². The molecule has 0 aliphatic heterocycles. The first-order valence-corrected chi connectivity index (χ1v) is 8.09. The van der Waals surface area contributed by atoms with E-state index in [2.05, 4.69) is 15.3 Å². The average Bonchev–Trinajstić information content (AvgIpc) is 2.90. The Labute approximate surface area is 145 Å². The van der Waals surface area contributed by atoms with Gasteiger partial charge < -0.3 is 20.5 Å². The largest absolute Gasteiger partial charge is 0.442 e. The third-order valence-electron chi connectivity index (χ3n) is 4.69. The van der Waals surface area contributed by atoms with E-state index >= 15 is 0 Å². The third kappa shape index (κ3) is 3.47. The molecule has 8 heteroatoms. The molecule has 1 saturated carbocycles. The van der Waals surface area contributed by atoms with Gasteiger partial charge in [-0.3, -0.25) is 9.59 Å². The molecular formula is C16H23ClN4O3. The van der Waals surface area contributed by atoms with Crippen LogP contribution >= 0.6 is 12.4 Å². The summed E-state index contributed by atoms with van der Waals surface area (Å²) in [5.41, 5.74) is 5.92. The summed E-state index contributed by atoms with van der Waals surface area (Å²) < 4.78 is 5.44. The maximum atomic E-state index is 12.7. The molecule has 1 amide bonds. The molecule has 3 rings (SSSR count). The van der Waals surface area contributed by atoms with Gasteiger partial charge in [0, 0.05) is 12.6 Å². The summed E-state index contributed by atoms with van der Waals surface area (Å²) in [7, 11) is 0. The van der Waals surface area contributed by atoms with Crippen molar-refractivity contribution in [3.05, 3.63) is 28.0 Å². The fraction of sp³-hybridized carbons (Fsp3) is 0.562. The minimum absolute atomic E-state index is 0. The van der Waals surface area contributed by atoms with Crippen LogP contribution in [0.5, 0.6) is 0 Å². The number of H-pyrrole nitrogens is 1. The zero-order valence-corrected chi connectivity index (χ0v) is 14.4. The summed E-state index contributed by atoms with van der Waals surface area (Å²) in [6.07, 6.45) is 7.02. The number of hydrogen-bond donors (Lipinski definition) is 3. The maximum absolute atomic E-state index is 12.7. The molecule has 7 nitrogen and oxygen atoms in total. The van der Waals surface area contributed by atoms with E-state index in [-0.39, 0.29) is 46.6 Å². The van der Waals surface area contributed by atoms with Crippen molar-refractivity contribution in [3.8, 4) is 0 Å². The summed E-state index contributed by atoms with van der Waals surface area (Å²) in [6, 6.07) is -0.0806. The Morgan fingerprint density at radius 1 is 1.46 bits per heavy atom. The normalized spacial score (nSPS) is 16.6. The van der Waals surface area contributed by atoms with E-state index in [0.717, 1.165) is 12.8 Å². The number of nitrogens with one attached hydrogen (secondary N) is 2. The molecule has 2 aromatic rings. The van der Waals surface area contributed by atoms with E-state index in [9.17, 15) is 9.59 Å². The highest BCUT2D eigenvalue weighted by molar-refractivity contribution is 6.06. The summed E-state index contributed by atoms with van der Waals surface area (Å²) in [4.78, 5) is 31.2. The number of nitrogens with two attached hydrogens (primary N) is 1. The van der Waals surface area contributed by atoms with Gasteiger partial charge in [-0.25, -0.2) is 4.98 Å². The number of halogens is 1. The predicted octanol–water partition coefficient (Wildman–Crippen LogP) is 1.88. The van der Waals surface area contributed by atoms with Gasteiger partial charge in [0.25, 0.3) is 11.5 Å². The fourth-order valence-electron chi connectivity index (χ4n) is 3.47. The number of carbonyl (C=O) groups is 1. The Morgan fingerprint density at radius 2 is 2.17 bits per heavy atom. The van der Waals surface area contributed by atoms with Crippen molar-refractivity contribution in [2.45, 2.75) is 45.1 Å². The molecule has 1 fully saturated rings. The van der Waals surface area contributed by atoms with Gasteiger partial charge in [0.15, 0.2) is 0 Å². The Bertz CT molecular complexity index is 764. The average molecular weight is 355 g/mol. The van der Waals surface area contributed by atoms with Crippen LogP contribution in [0.25, 0.3) is 11.1 Å². The monoisotopic (exact) mass is 354 g/mol. The van der Waals surface area contributed by atoms with Crippen LogP contribution in [0.1, 0.15) is 48.2 Å². The molecule has 24 heavy (non-hydrogen) atoms. The van der Waals surface area contributed by atoms with Crippen LogP contribution in [0.15, 0.2) is 15.5 Å². The van der Waals surface area contributed by atoms with E-state index in [1.54, 1.807) is 6.92 Å². The van der Waals surface area contributed by atoms with Crippen LogP contribution in [0, 0.1) is 12.8 Å². The van der Waals surface area contributed by atoms with E-state index in [1.165, 1.54) is 25.6 Å². The number of aryl methyl sites for hydroxylation is 1. The van der Waals surface area contributed by atoms with Gasteiger partial charge >= 0.3 is 0 Å². The van der Waals surface area contributed by atoms with Gasteiger partial charge in [-0.2, -0.15) is 0 Å². The van der Waals surface area contributed by atoms with Crippen LogP contribution in [0.2, 0.25) is 0 Å². The molecular weight excluding hydrogens is 332 g/mol. The third-order valence-corrected chi connectivity index (χ3v) is 4.69. The Morgan fingerprint density at radius 3 is 2.83 bits per heavy atom. The Hall–Kier alpha value is -1.86. The quantitative estimate of drug-likeness (QED) is 0.775. The zero-order chi connectivity index (χ0) is 16.4. The van der Waals surface area contributed by atoms with Gasteiger partial charge in [0.2, 0.25) is 5.71 Å². The topological polar surface area (TPSA) is 114 Å². The van der Waals surface area contributed by atoms with E-state index in [4.69, 9.17) is 10.2 Å². The Balaban J connectivity index is 0.00000208. The second kappa shape index (κ2) is 7.81. The molecule has 1 unspecified atom stereocenters. The molecule has 0 bridgehead atoms. The van der Waals surface area contributed by atoms with E-state index in [0.29, 0.717) is 18.2 Å². The van der Waals surface area contributed by atoms with Gasteiger partial charge in [0.1, 0.15) is 11.1 Å². The fourth-order valence-corrected chi connectivity index (χ4v) is 3.47. The lowest BCUT2D eigenvalue weighted by atomic mass is 9.84. The lowest BCUT2D eigenvalue weighted by molar-refractivity contribution is 0.0915. The number of fused-ring (bicyclic) bond motifs is 1. The van der Waals surface area contributed by atoms with Gasteiger partial charge in [-0.15, -0.1) is 12.4 Å². The molecule has 0 aromatic carbocycles. The molecule has 1 aliphatic carbocycles. The number of amides is 1.